The Hall–Kier alpha value is -0.440. The highest BCUT2D eigenvalue weighted by Crippen LogP contribution is 2.38. The Morgan fingerprint density at radius 2 is 0.431 bits per heavy atom. The average Bonchev–Trinajstić information content (AvgIpc) is 3.23. The lowest BCUT2D eigenvalue weighted by Crippen LogP contribution is -2.20. The molecule has 346 valence electrons. The summed E-state index contributed by atoms with van der Waals surface area (Å²) in [5.74, 6) is 9.14. The summed E-state index contributed by atoms with van der Waals surface area (Å²) in [7, 11) is 0. The summed E-state index contributed by atoms with van der Waals surface area (Å²) in [6.07, 6.45) is 70.0. The van der Waals surface area contributed by atoms with Crippen molar-refractivity contribution < 1.29 is 0 Å². The molecule has 1 atom stereocenters. The average molecular weight is 812 g/mol. The van der Waals surface area contributed by atoms with Crippen LogP contribution in [0.25, 0.3) is 0 Å². The fourth-order valence-corrected chi connectivity index (χ4v) is 9.65. The Balaban J connectivity index is 5.67. The Labute approximate surface area is 371 Å². The predicted octanol–water partition coefficient (Wildman–Crippen LogP) is 21.8. The minimum Gasteiger partial charge on any atom is -0.0993 e. The molecule has 0 fully saturated rings. The number of rotatable bonds is 49. The molecule has 0 radical (unpaired) electrons. The maximum atomic E-state index is 4.31. The van der Waals surface area contributed by atoms with E-state index < -0.39 is 0 Å². The van der Waals surface area contributed by atoms with Crippen LogP contribution in [0.3, 0.4) is 0 Å². The Kier molecular flexibility index (Phi) is 48.8. The molecule has 0 heterocycles. The summed E-state index contributed by atoms with van der Waals surface area (Å²) < 4.78 is 0. The molecular weight excluding hydrogens is 697 g/mol. The molecule has 0 spiro atoms. The van der Waals surface area contributed by atoms with Gasteiger partial charge in [-0.05, 0) is 32.1 Å². The third-order valence-electron chi connectivity index (χ3n) is 13.9. The van der Waals surface area contributed by atoms with Crippen LogP contribution in [-0.2, 0) is 0 Å². The highest BCUT2D eigenvalue weighted by atomic mass is 14.3. The molecule has 0 aliphatic carbocycles. The van der Waals surface area contributed by atoms with E-state index in [9.17, 15) is 0 Å². The molecule has 0 nitrogen and oxygen atoms in total. The Bertz CT molecular complexity index is 746. The lowest BCUT2D eigenvalue weighted by molar-refractivity contribution is 0.277. The van der Waals surface area contributed by atoms with Crippen LogP contribution >= 0.6 is 0 Å². The minimum atomic E-state index is 0.278. The highest BCUT2D eigenvalue weighted by Gasteiger charge is 2.27. The van der Waals surface area contributed by atoms with Gasteiger partial charge in [-0.3, -0.25) is 0 Å². The first kappa shape index (κ1) is 57.6. The van der Waals surface area contributed by atoms with E-state index in [0.717, 1.165) is 0 Å². The summed E-state index contributed by atoms with van der Waals surface area (Å²) in [5.41, 5.74) is 0.278. The van der Waals surface area contributed by atoms with Crippen molar-refractivity contribution >= 4 is 0 Å². The first-order valence-corrected chi connectivity index (χ1v) is 28.2. The lowest BCUT2D eigenvalue weighted by atomic mass is 9.74. The van der Waals surface area contributed by atoms with Gasteiger partial charge in [0, 0.05) is 11.3 Å². The van der Waals surface area contributed by atoms with Crippen molar-refractivity contribution in [1.82, 2.24) is 0 Å². The second-order valence-electron chi connectivity index (χ2n) is 19.9. The van der Waals surface area contributed by atoms with Crippen molar-refractivity contribution in [2.45, 2.75) is 349 Å². The summed E-state index contributed by atoms with van der Waals surface area (Å²) in [4.78, 5) is 0. The zero-order valence-electron chi connectivity index (χ0n) is 41.7. The second kappa shape index (κ2) is 49.2. The van der Waals surface area contributed by atoms with Crippen LogP contribution in [0.2, 0.25) is 0 Å². The molecule has 0 heteroatoms. The predicted molar refractivity (Wildman–Crippen MR) is 268 cm³/mol. The van der Waals surface area contributed by atoms with Gasteiger partial charge in [0.05, 0.1) is 0 Å². The topological polar surface area (TPSA) is 0 Å². The van der Waals surface area contributed by atoms with E-state index in [1.54, 1.807) is 0 Å². The molecule has 58 heavy (non-hydrogen) atoms. The molecule has 0 bridgehead atoms. The van der Waals surface area contributed by atoms with Gasteiger partial charge in [0.15, 0.2) is 0 Å². The van der Waals surface area contributed by atoms with Gasteiger partial charge >= 0.3 is 0 Å². The fourth-order valence-electron chi connectivity index (χ4n) is 9.65. The monoisotopic (exact) mass is 811 g/mol. The lowest BCUT2D eigenvalue weighted by Gasteiger charge is -2.30. The summed E-state index contributed by atoms with van der Waals surface area (Å²) in [6.45, 7) is 11.7. The number of unbranched alkanes of at least 4 members (excludes halogenated alkanes) is 39. The van der Waals surface area contributed by atoms with Crippen LogP contribution in [0, 0.1) is 23.2 Å². The highest BCUT2D eigenvalue weighted by molar-refractivity contribution is 5.14. The molecule has 0 rings (SSSR count). The van der Waals surface area contributed by atoms with Crippen molar-refractivity contribution in [2.24, 2.45) is 11.3 Å². The molecule has 0 aromatic rings. The standard InChI is InChI=1S/C58H114/c1-6-11-16-21-26-31-32-33-34-36-41-46-51-57(50-45-40-35-27-22-17-12-7-2)52-56-58(53-47-42-37-28-23-18-13-8-3,54-48-43-38-29-24-19-14-9-4)55-49-44-39-30-25-20-15-10-5/h57H,6-51,53-55H2,1-5H3. The molecule has 1 unspecified atom stereocenters. The first-order chi connectivity index (χ1) is 28.7. The molecule has 0 saturated carbocycles. The number of hydrogen-bond donors (Lipinski definition) is 0. The molecule has 0 aliphatic heterocycles. The molecule has 0 aliphatic rings. The van der Waals surface area contributed by atoms with E-state index in [1.807, 2.05) is 0 Å². The van der Waals surface area contributed by atoms with Crippen LogP contribution in [0.1, 0.15) is 349 Å². The maximum Gasteiger partial charge on any atom is 0.0314 e. The van der Waals surface area contributed by atoms with Crippen molar-refractivity contribution in [3.8, 4) is 11.8 Å². The van der Waals surface area contributed by atoms with E-state index in [1.165, 1.54) is 315 Å². The van der Waals surface area contributed by atoms with Gasteiger partial charge < -0.3 is 0 Å². The van der Waals surface area contributed by atoms with Gasteiger partial charge in [-0.25, -0.2) is 0 Å². The van der Waals surface area contributed by atoms with E-state index in [0.29, 0.717) is 5.92 Å². The molecule has 0 aromatic carbocycles. The number of hydrogen-bond acceptors (Lipinski definition) is 0. The largest absolute Gasteiger partial charge is 0.0993 e. The minimum absolute atomic E-state index is 0.278. The SMILES string of the molecule is CCCCCCCCCCCCCCC(C#CC(CCCCCCCCCC)(CCCCCCCCCC)CCCCCCCCCC)CCCCCCCCCC. The van der Waals surface area contributed by atoms with Crippen molar-refractivity contribution in [1.29, 1.82) is 0 Å². The van der Waals surface area contributed by atoms with E-state index in [2.05, 4.69) is 46.5 Å². The first-order valence-electron chi connectivity index (χ1n) is 28.2. The summed E-state index contributed by atoms with van der Waals surface area (Å²) in [5, 5.41) is 0. The van der Waals surface area contributed by atoms with Crippen LogP contribution in [0.15, 0.2) is 0 Å². The Morgan fingerprint density at radius 3 is 0.655 bits per heavy atom. The molecule has 0 aromatic heterocycles. The van der Waals surface area contributed by atoms with E-state index in [4.69, 9.17) is 0 Å². The Morgan fingerprint density at radius 1 is 0.241 bits per heavy atom. The molecule has 0 saturated heterocycles. The van der Waals surface area contributed by atoms with Gasteiger partial charge in [-0.2, -0.15) is 0 Å². The third-order valence-corrected chi connectivity index (χ3v) is 13.9. The second-order valence-corrected chi connectivity index (χ2v) is 19.9. The third kappa shape index (κ3) is 42.3. The molecular formula is C58H114. The molecule has 0 amide bonds. The molecule has 0 N–H and O–H groups in total. The van der Waals surface area contributed by atoms with Crippen molar-refractivity contribution in [2.75, 3.05) is 0 Å². The van der Waals surface area contributed by atoms with Crippen LogP contribution in [0.5, 0.6) is 0 Å². The van der Waals surface area contributed by atoms with Crippen LogP contribution in [-0.4, -0.2) is 0 Å². The summed E-state index contributed by atoms with van der Waals surface area (Å²) >= 11 is 0. The summed E-state index contributed by atoms with van der Waals surface area (Å²) in [6, 6.07) is 0. The van der Waals surface area contributed by atoms with E-state index in [-0.39, 0.29) is 5.41 Å². The van der Waals surface area contributed by atoms with Crippen molar-refractivity contribution in [3.05, 3.63) is 0 Å². The van der Waals surface area contributed by atoms with Gasteiger partial charge in [-0.15, -0.1) is 0 Å². The van der Waals surface area contributed by atoms with Crippen molar-refractivity contribution in [3.63, 3.8) is 0 Å². The maximum absolute atomic E-state index is 4.31. The smallest absolute Gasteiger partial charge is 0.0314 e. The zero-order valence-corrected chi connectivity index (χ0v) is 41.7. The zero-order chi connectivity index (χ0) is 42.1. The normalized spacial score (nSPS) is 12.3. The quantitative estimate of drug-likeness (QED) is 0.0424. The van der Waals surface area contributed by atoms with Gasteiger partial charge in [-0.1, -0.05) is 329 Å². The fraction of sp³-hybridized carbons (Fsp3) is 0.966. The van der Waals surface area contributed by atoms with E-state index >= 15 is 0 Å². The van der Waals surface area contributed by atoms with Crippen LogP contribution in [0.4, 0.5) is 0 Å². The van der Waals surface area contributed by atoms with Crippen LogP contribution < -0.4 is 0 Å². The van der Waals surface area contributed by atoms with Gasteiger partial charge in [0.2, 0.25) is 0 Å². The van der Waals surface area contributed by atoms with Gasteiger partial charge in [0.25, 0.3) is 0 Å². The van der Waals surface area contributed by atoms with Gasteiger partial charge in [0.1, 0.15) is 0 Å².